The summed E-state index contributed by atoms with van der Waals surface area (Å²) in [6.07, 6.45) is 2.13. The third kappa shape index (κ3) is 3.54. The van der Waals surface area contributed by atoms with Gasteiger partial charge in [-0.05, 0) is 6.42 Å². The van der Waals surface area contributed by atoms with E-state index >= 15 is 0 Å². The lowest BCUT2D eigenvalue weighted by molar-refractivity contribution is -0.129. The molecule has 0 aliphatic rings. The molecule has 7 heteroatoms. The van der Waals surface area contributed by atoms with Crippen molar-refractivity contribution in [2.75, 3.05) is 27.2 Å². The highest BCUT2D eigenvalue weighted by atomic mass is 16.2. The zero-order chi connectivity index (χ0) is 12.8. The van der Waals surface area contributed by atoms with Gasteiger partial charge in [0.25, 0.3) is 5.91 Å². The molecule has 0 saturated heterocycles. The van der Waals surface area contributed by atoms with E-state index in [1.807, 2.05) is 6.92 Å². The van der Waals surface area contributed by atoms with Crippen LogP contribution < -0.4 is 0 Å². The predicted molar refractivity (Wildman–Crippen MR) is 61.3 cm³/mol. The van der Waals surface area contributed by atoms with Gasteiger partial charge in [-0.3, -0.25) is 9.59 Å². The number of aromatic nitrogens is 3. The minimum atomic E-state index is -0.282. The molecule has 0 fully saturated rings. The molecular formula is C10H17N5O2. The number of amides is 2. The van der Waals surface area contributed by atoms with Crippen molar-refractivity contribution in [3.63, 3.8) is 0 Å². The van der Waals surface area contributed by atoms with Crippen LogP contribution in [0.15, 0.2) is 6.20 Å². The molecule has 7 nitrogen and oxygen atoms in total. The fourth-order valence-electron chi connectivity index (χ4n) is 1.29. The van der Waals surface area contributed by atoms with Gasteiger partial charge in [-0.15, -0.1) is 0 Å². The number of rotatable bonds is 5. The number of likely N-dealkylation sites (N-methyl/N-ethyl adjacent to an activating group) is 1. The number of nitrogens with zero attached hydrogens (tertiary/aromatic N) is 4. The fourth-order valence-corrected chi connectivity index (χ4v) is 1.29. The lowest BCUT2D eigenvalue weighted by Gasteiger charge is -2.22. The van der Waals surface area contributed by atoms with E-state index in [1.54, 1.807) is 14.1 Å². The average Bonchev–Trinajstić information content (AvgIpc) is 2.80. The molecule has 0 saturated carbocycles. The second-order valence-corrected chi connectivity index (χ2v) is 3.87. The molecule has 2 amide bonds. The number of H-pyrrole nitrogens is 1. The predicted octanol–water partition coefficient (Wildman–Crippen LogP) is -0.255. The lowest BCUT2D eigenvalue weighted by Crippen LogP contribution is -2.40. The molecule has 0 atom stereocenters. The van der Waals surface area contributed by atoms with Crippen LogP contribution in [0.3, 0.4) is 0 Å². The van der Waals surface area contributed by atoms with Crippen molar-refractivity contribution in [2.24, 2.45) is 0 Å². The monoisotopic (exact) mass is 239 g/mol. The number of hydrogen-bond donors (Lipinski definition) is 1. The molecule has 94 valence electrons. The summed E-state index contributed by atoms with van der Waals surface area (Å²) in [5.74, 6) is -0.397. The summed E-state index contributed by atoms with van der Waals surface area (Å²) in [5, 5.41) is 9.68. The van der Waals surface area contributed by atoms with Crippen LogP contribution >= 0.6 is 0 Å². The van der Waals surface area contributed by atoms with Crippen molar-refractivity contribution >= 4 is 11.8 Å². The van der Waals surface area contributed by atoms with Crippen molar-refractivity contribution in [3.8, 4) is 0 Å². The van der Waals surface area contributed by atoms with Crippen molar-refractivity contribution in [2.45, 2.75) is 13.3 Å². The van der Waals surface area contributed by atoms with Gasteiger partial charge in [0.2, 0.25) is 5.91 Å². The van der Waals surface area contributed by atoms with Gasteiger partial charge in [-0.1, -0.05) is 6.92 Å². The molecule has 0 spiro atoms. The molecule has 1 heterocycles. The van der Waals surface area contributed by atoms with Crippen molar-refractivity contribution < 1.29 is 9.59 Å². The first-order chi connectivity index (χ1) is 8.06. The van der Waals surface area contributed by atoms with Gasteiger partial charge in [-0.2, -0.15) is 15.4 Å². The number of hydrogen-bond acceptors (Lipinski definition) is 4. The number of carbonyl (C=O) groups excluding carboxylic acids is 2. The lowest BCUT2D eigenvalue weighted by atomic mass is 10.3. The van der Waals surface area contributed by atoms with Crippen LogP contribution in [0.25, 0.3) is 0 Å². The Hall–Kier alpha value is -1.92. The Morgan fingerprint density at radius 1 is 1.41 bits per heavy atom. The number of carbonyl (C=O) groups is 2. The molecule has 17 heavy (non-hydrogen) atoms. The molecule has 1 aromatic rings. The molecule has 0 unspecified atom stereocenters. The second kappa shape index (κ2) is 5.97. The van der Waals surface area contributed by atoms with Crippen molar-refractivity contribution in [3.05, 3.63) is 11.9 Å². The van der Waals surface area contributed by atoms with E-state index in [2.05, 4.69) is 15.4 Å². The topological polar surface area (TPSA) is 82.2 Å². The third-order valence-electron chi connectivity index (χ3n) is 2.24. The minimum absolute atomic E-state index is 0.0620. The van der Waals surface area contributed by atoms with Crippen molar-refractivity contribution in [1.29, 1.82) is 0 Å². The third-order valence-corrected chi connectivity index (χ3v) is 2.24. The molecule has 0 aliphatic heterocycles. The van der Waals surface area contributed by atoms with E-state index in [0.29, 0.717) is 6.54 Å². The Kier molecular flexibility index (Phi) is 4.62. The zero-order valence-corrected chi connectivity index (χ0v) is 10.3. The van der Waals surface area contributed by atoms with Crippen LogP contribution in [0.4, 0.5) is 0 Å². The highest BCUT2D eigenvalue weighted by Gasteiger charge is 2.20. The first-order valence-corrected chi connectivity index (χ1v) is 5.41. The second-order valence-electron chi connectivity index (χ2n) is 3.87. The first-order valence-electron chi connectivity index (χ1n) is 5.41. The highest BCUT2D eigenvalue weighted by Crippen LogP contribution is 2.01. The molecule has 1 rings (SSSR count). The normalized spacial score (nSPS) is 10.1. The Morgan fingerprint density at radius 2 is 2.12 bits per heavy atom. The summed E-state index contributed by atoms with van der Waals surface area (Å²) in [7, 11) is 3.32. The Morgan fingerprint density at radius 3 is 2.59 bits per heavy atom. The summed E-state index contributed by atoms with van der Waals surface area (Å²) < 4.78 is 0. The smallest absolute Gasteiger partial charge is 0.276 e. The van der Waals surface area contributed by atoms with Crippen LogP contribution in [0, 0.1) is 0 Å². The van der Waals surface area contributed by atoms with Gasteiger partial charge in [0, 0.05) is 20.6 Å². The van der Waals surface area contributed by atoms with E-state index in [9.17, 15) is 9.59 Å². The Balaban J connectivity index is 2.72. The summed E-state index contributed by atoms with van der Waals surface area (Å²) in [6.45, 7) is 2.53. The van der Waals surface area contributed by atoms with E-state index in [0.717, 1.165) is 6.42 Å². The highest BCUT2D eigenvalue weighted by molar-refractivity contribution is 5.94. The number of nitrogens with one attached hydrogen (secondary N) is 1. The maximum absolute atomic E-state index is 12.0. The largest absolute Gasteiger partial charge is 0.347 e. The molecule has 0 radical (unpaired) electrons. The quantitative estimate of drug-likeness (QED) is 0.767. The fraction of sp³-hybridized carbons (Fsp3) is 0.600. The van der Waals surface area contributed by atoms with Crippen molar-refractivity contribution in [1.82, 2.24) is 25.2 Å². The van der Waals surface area contributed by atoms with Gasteiger partial charge in [0.1, 0.15) is 6.54 Å². The van der Waals surface area contributed by atoms with Gasteiger partial charge >= 0.3 is 0 Å². The van der Waals surface area contributed by atoms with Crippen LogP contribution in [-0.4, -0.2) is 64.2 Å². The van der Waals surface area contributed by atoms with Gasteiger partial charge in [0.15, 0.2) is 5.69 Å². The Labute approximate surface area is 99.8 Å². The standard InChI is InChI=1S/C10H17N5O2/c1-4-5-15(7-9(16)14(2)3)10(17)8-6-11-13-12-8/h6H,4-5,7H2,1-3H3,(H,11,12,13). The molecule has 0 aliphatic carbocycles. The van der Waals surface area contributed by atoms with E-state index in [-0.39, 0.29) is 24.1 Å². The molecule has 0 bridgehead atoms. The summed E-state index contributed by atoms with van der Waals surface area (Å²) in [4.78, 5) is 26.5. The van der Waals surface area contributed by atoms with Gasteiger partial charge < -0.3 is 9.80 Å². The molecule has 0 aromatic carbocycles. The van der Waals surface area contributed by atoms with Crippen LogP contribution in [-0.2, 0) is 4.79 Å². The minimum Gasteiger partial charge on any atom is -0.347 e. The molecule has 1 N–H and O–H groups in total. The summed E-state index contributed by atoms with van der Waals surface area (Å²) >= 11 is 0. The van der Waals surface area contributed by atoms with Gasteiger partial charge in [0.05, 0.1) is 6.20 Å². The zero-order valence-electron chi connectivity index (χ0n) is 10.3. The first kappa shape index (κ1) is 13.1. The van der Waals surface area contributed by atoms with Crippen LogP contribution in [0.1, 0.15) is 23.8 Å². The van der Waals surface area contributed by atoms with Crippen LogP contribution in [0.2, 0.25) is 0 Å². The van der Waals surface area contributed by atoms with Crippen LogP contribution in [0.5, 0.6) is 0 Å². The molecule has 1 aromatic heterocycles. The summed E-state index contributed by atoms with van der Waals surface area (Å²) in [6, 6.07) is 0. The van der Waals surface area contributed by atoms with E-state index < -0.39 is 0 Å². The number of aromatic amines is 1. The summed E-state index contributed by atoms with van der Waals surface area (Å²) in [5.41, 5.74) is 0.227. The maximum Gasteiger partial charge on any atom is 0.276 e. The maximum atomic E-state index is 12.0. The molecular weight excluding hydrogens is 222 g/mol. The SMILES string of the molecule is CCCN(CC(=O)N(C)C)C(=O)c1cn[nH]n1. The Bertz CT molecular complexity index is 374. The van der Waals surface area contributed by atoms with Gasteiger partial charge in [-0.25, -0.2) is 0 Å². The average molecular weight is 239 g/mol. The van der Waals surface area contributed by atoms with E-state index in [4.69, 9.17) is 0 Å². The van der Waals surface area contributed by atoms with E-state index in [1.165, 1.54) is 16.0 Å².